The minimum absolute atomic E-state index is 0.226. The van der Waals surface area contributed by atoms with Gasteiger partial charge < -0.3 is 14.3 Å². The molecule has 0 bridgehead atoms. The molecule has 0 radical (unpaired) electrons. The number of likely N-dealkylation sites (tertiary alicyclic amines) is 1. The molecular weight excluding hydrogens is 485 g/mol. The SMILES string of the molecule is O=C(O)C(F)(F)F.O=c1c(=O)n2c(nn1Cc1ccccc1)COC1(CCN(Cc3ccoc3)C1)C2. The molecule has 36 heavy (non-hydrogen) atoms. The fourth-order valence-electron chi connectivity index (χ4n) is 4.22. The lowest BCUT2D eigenvalue weighted by Gasteiger charge is -2.35. The second kappa shape index (κ2) is 10.1. The Hall–Kier alpha value is -3.71. The molecule has 0 saturated carbocycles. The number of hydrogen-bond acceptors (Lipinski definition) is 7. The molecule has 5 rings (SSSR count). The van der Waals surface area contributed by atoms with Gasteiger partial charge in [-0.1, -0.05) is 30.3 Å². The van der Waals surface area contributed by atoms with Crippen molar-refractivity contribution in [2.45, 2.75) is 44.4 Å². The number of halogens is 3. The molecule has 2 aliphatic heterocycles. The summed E-state index contributed by atoms with van der Waals surface area (Å²) in [5, 5.41) is 11.5. The van der Waals surface area contributed by atoms with Crippen LogP contribution in [0.15, 0.2) is 62.9 Å². The summed E-state index contributed by atoms with van der Waals surface area (Å²) >= 11 is 0. The second-order valence-electron chi connectivity index (χ2n) is 8.62. The van der Waals surface area contributed by atoms with Crippen LogP contribution in [0.4, 0.5) is 13.2 Å². The van der Waals surface area contributed by atoms with E-state index < -0.39 is 28.9 Å². The van der Waals surface area contributed by atoms with Gasteiger partial charge in [0.25, 0.3) is 0 Å². The Morgan fingerprint density at radius 2 is 1.78 bits per heavy atom. The van der Waals surface area contributed by atoms with Crippen LogP contribution in [-0.4, -0.2) is 55.2 Å². The van der Waals surface area contributed by atoms with Crippen LogP contribution < -0.4 is 11.1 Å². The quantitative estimate of drug-likeness (QED) is 0.531. The van der Waals surface area contributed by atoms with Crippen LogP contribution in [0.3, 0.4) is 0 Å². The van der Waals surface area contributed by atoms with Crippen molar-refractivity contribution in [2.24, 2.45) is 0 Å². The largest absolute Gasteiger partial charge is 0.490 e. The maximum atomic E-state index is 12.8. The topological polar surface area (TPSA) is 120 Å². The maximum absolute atomic E-state index is 12.8. The van der Waals surface area contributed by atoms with E-state index in [1.807, 2.05) is 36.4 Å². The molecule has 0 amide bonds. The molecule has 1 N–H and O–H groups in total. The van der Waals surface area contributed by atoms with Gasteiger partial charge in [0.05, 0.1) is 25.6 Å². The molecule has 2 aliphatic rings. The molecule has 1 unspecified atom stereocenters. The van der Waals surface area contributed by atoms with Gasteiger partial charge in [0, 0.05) is 25.2 Å². The standard InChI is InChI=1S/C21H22N4O4.C2HF3O2/c26-19-20(27)25(11-16-4-2-1-3-5-16)22-18-13-29-21(15-24(18)19)7-8-23(14-21)10-17-6-9-28-12-17;3-2(4,5)1(6)7/h1-6,9,12H,7-8,10-11,13-15H2;(H,6,7). The minimum Gasteiger partial charge on any atom is -0.475 e. The van der Waals surface area contributed by atoms with Crippen molar-refractivity contribution in [3.05, 3.63) is 86.6 Å². The highest BCUT2D eigenvalue weighted by Gasteiger charge is 2.43. The number of alkyl halides is 3. The molecule has 1 spiro atoms. The molecule has 4 heterocycles. The third-order valence-electron chi connectivity index (χ3n) is 5.96. The smallest absolute Gasteiger partial charge is 0.475 e. The fourth-order valence-corrected chi connectivity index (χ4v) is 4.22. The summed E-state index contributed by atoms with van der Waals surface area (Å²) in [6.45, 7) is 3.21. The number of aliphatic carboxylic acids is 1. The van der Waals surface area contributed by atoms with E-state index in [4.69, 9.17) is 19.1 Å². The molecule has 13 heteroatoms. The summed E-state index contributed by atoms with van der Waals surface area (Å²) in [4.78, 5) is 36.6. The lowest BCUT2D eigenvalue weighted by molar-refractivity contribution is -0.192. The van der Waals surface area contributed by atoms with Crippen LogP contribution in [-0.2, 0) is 35.8 Å². The van der Waals surface area contributed by atoms with Gasteiger partial charge in [0.2, 0.25) is 0 Å². The zero-order valence-electron chi connectivity index (χ0n) is 19.0. The Morgan fingerprint density at radius 1 is 1.06 bits per heavy atom. The van der Waals surface area contributed by atoms with Crippen LogP contribution in [0.2, 0.25) is 0 Å². The molecule has 1 aromatic carbocycles. The number of rotatable bonds is 4. The van der Waals surface area contributed by atoms with Crippen LogP contribution >= 0.6 is 0 Å². The highest BCUT2D eigenvalue weighted by atomic mass is 19.4. The highest BCUT2D eigenvalue weighted by Crippen LogP contribution is 2.31. The highest BCUT2D eigenvalue weighted by molar-refractivity contribution is 5.73. The number of fused-ring (bicyclic) bond motifs is 1. The summed E-state index contributed by atoms with van der Waals surface area (Å²) in [5.41, 5.74) is 0.455. The van der Waals surface area contributed by atoms with Gasteiger partial charge in [-0.05, 0) is 18.1 Å². The monoisotopic (exact) mass is 508 g/mol. The number of aromatic nitrogens is 3. The Morgan fingerprint density at radius 3 is 2.42 bits per heavy atom. The molecule has 1 fully saturated rings. The van der Waals surface area contributed by atoms with E-state index in [9.17, 15) is 22.8 Å². The summed E-state index contributed by atoms with van der Waals surface area (Å²) < 4.78 is 45.8. The average Bonchev–Trinajstić information content (AvgIpc) is 3.49. The molecule has 1 atom stereocenters. The minimum atomic E-state index is -5.08. The summed E-state index contributed by atoms with van der Waals surface area (Å²) in [6, 6.07) is 11.5. The van der Waals surface area contributed by atoms with Crippen molar-refractivity contribution in [2.75, 3.05) is 13.1 Å². The number of ether oxygens (including phenoxy) is 1. The van der Waals surface area contributed by atoms with Crippen molar-refractivity contribution in [3.8, 4) is 0 Å². The molecule has 3 aromatic rings. The van der Waals surface area contributed by atoms with Crippen molar-refractivity contribution in [3.63, 3.8) is 0 Å². The Labute approximate surface area is 202 Å². The number of carbonyl (C=O) groups is 1. The van der Waals surface area contributed by atoms with Gasteiger partial charge in [0.15, 0.2) is 5.82 Å². The predicted molar refractivity (Wildman–Crippen MR) is 118 cm³/mol. The first-order chi connectivity index (χ1) is 17.1. The van der Waals surface area contributed by atoms with Gasteiger partial charge in [-0.25, -0.2) is 9.48 Å². The fraction of sp³-hybridized carbons (Fsp3) is 0.391. The van der Waals surface area contributed by atoms with Gasteiger partial charge in [-0.15, -0.1) is 0 Å². The average molecular weight is 508 g/mol. The van der Waals surface area contributed by atoms with E-state index in [1.165, 1.54) is 9.25 Å². The number of carboxylic acid groups (broad SMARTS) is 1. The zero-order chi connectivity index (χ0) is 25.9. The molecule has 10 nitrogen and oxygen atoms in total. The van der Waals surface area contributed by atoms with Crippen molar-refractivity contribution in [1.82, 2.24) is 19.2 Å². The van der Waals surface area contributed by atoms with E-state index in [0.29, 0.717) is 18.9 Å². The van der Waals surface area contributed by atoms with Gasteiger partial charge in [-0.2, -0.15) is 18.3 Å². The Kier molecular flexibility index (Phi) is 7.13. The maximum Gasteiger partial charge on any atom is 0.490 e. The Bertz CT molecular complexity index is 1320. The first-order valence-electron chi connectivity index (χ1n) is 11.0. The summed E-state index contributed by atoms with van der Waals surface area (Å²) in [7, 11) is 0. The number of carboxylic acids is 1. The first kappa shape index (κ1) is 25.4. The van der Waals surface area contributed by atoms with Crippen molar-refractivity contribution < 1.29 is 32.2 Å². The van der Waals surface area contributed by atoms with Gasteiger partial charge in [-0.3, -0.25) is 19.1 Å². The van der Waals surface area contributed by atoms with Gasteiger partial charge >= 0.3 is 23.3 Å². The number of nitrogens with zero attached hydrogens (tertiary/aromatic N) is 4. The number of hydrogen-bond donors (Lipinski definition) is 1. The summed E-state index contributed by atoms with van der Waals surface area (Å²) in [5.74, 6) is -2.25. The third kappa shape index (κ3) is 5.74. The second-order valence-corrected chi connectivity index (χ2v) is 8.62. The van der Waals surface area contributed by atoms with E-state index in [1.54, 1.807) is 12.5 Å². The van der Waals surface area contributed by atoms with E-state index in [0.717, 1.165) is 30.6 Å². The molecule has 2 aromatic heterocycles. The normalized spacial score (nSPS) is 19.5. The third-order valence-corrected chi connectivity index (χ3v) is 5.96. The van der Waals surface area contributed by atoms with Crippen molar-refractivity contribution in [1.29, 1.82) is 0 Å². The van der Waals surface area contributed by atoms with E-state index >= 15 is 0 Å². The van der Waals surface area contributed by atoms with Crippen LogP contribution in [0.25, 0.3) is 0 Å². The van der Waals surface area contributed by atoms with Gasteiger partial charge in [0.1, 0.15) is 12.2 Å². The van der Waals surface area contributed by atoms with Crippen LogP contribution in [0, 0.1) is 0 Å². The van der Waals surface area contributed by atoms with E-state index in [2.05, 4.69) is 10.00 Å². The zero-order valence-corrected chi connectivity index (χ0v) is 19.0. The Balaban J connectivity index is 0.000000384. The first-order valence-corrected chi connectivity index (χ1v) is 11.0. The molecule has 0 aliphatic carbocycles. The van der Waals surface area contributed by atoms with Crippen molar-refractivity contribution >= 4 is 5.97 Å². The summed E-state index contributed by atoms with van der Waals surface area (Å²) in [6.07, 6.45) is -0.865. The number of furan rings is 1. The molecule has 1 saturated heterocycles. The molecule has 192 valence electrons. The lowest BCUT2D eigenvalue weighted by atomic mass is 10.0. The van der Waals surface area contributed by atoms with Crippen LogP contribution in [0.1, 0.15) is 23.4 Å². The number of benzene rings is 1. The lowest BCUT2D eigenvalue weighted by Crippen LogP contribution is -2.53. The predicted octanol–water partition coefficient (Wildman–Crippen LogP) is 1.85. The van der Waals surface area contributed by atoms with Crippen LogP contribution in [0.5, 0.6) is 0 Å². The molecular formula is C23H23F3N4O6. The van der Waals surface area contributed by atoms with E-state index in [-0.39, 0.29) is 13.2 Å².